The molecule has 2 saturated heterocycles. The molecule has 6 nitrogen and oxygen atoms in total. The van der Waals surface area contributed by atoms with Crippen molar-refractivity contribution in [1.82, 2.24) is 10.2 Å². The summed E-state index contributed by atoms with van der Waals surface area (Å²) in [5.74, 6) is -0.306. The second-order valence-corrected chi connectivity index (χ2v) is 7.94. The van der Waals surface area contributed by atoms with E-state index in [0.29, 0.717) is 6.42 Å². The Morgan fingerprint density at radius 1 is 1.32 bits per heavy atom. The van der Waals surface area contributed by atoms with Crippen LogP contribution in [0.25, 0.3) is 0 Å². The summed E-state index contributed by atoms with van der Waals surface area (Å²) in [5, 5.41) is 2.71. The molecular formula is C12H20N2O4S. The van der Waals surface area contributed by atoms with Gasteiger partial charge in [-0.05, 0) is 19.3 Å². The van der Waals surface area contributed by atoms with Crippen molar-refractivity contribution in [1.29, 1.82) is 0 Å². The summed E-state index contributed by atoms with van der Waals surface area (Å²) < 4.78 is 23.1. The van der Waals surface area contributed by atoms with Gasteiger partial charge in [-0.15, -0.1) is 0 Å². The van der Waals surface area contributed by atoms with Crippen molar-refractivity contribution >= 4 is 21.7 Å². The predicted octanol–water partition coefficient (Wildman–Crippen LogP) is -0.455. The van der Waals surface area contributed by atoms with Gasteiger partial charge in [-0.1, -0.05) is 13.8 Å². The van der Waals surface area contributed by atoms with E-state index in [2.05, 4.69) is 5.32 Å². The minimum absolute atomic E-state index is 0.00976. The number of piperazine rings is 1. The Bertz CT molecular complexity index is 500. The number of nitrogens with one attached hydrogen (secondary N) is 1. The summed E-state index contributed by atoms with van der Waals surface area (Å²) in [6.45, 7) is 5.37. The molecule has 0 aliphatic carbocycles. The van der Waals surface area contributed by atoms with E-state index in [0.717, 1.165) is 0 Å². The van der Waals surface area contributed by atoms with Gasteiger partial charge in [-0.25, -0.2) is 8.42 Å². The van der Waals surface area contributed by atoms with E-state index in [9.17, 15) is 18.0 Å². The van der Waals surface area contributed by atoms with Gasteiger partial charge in [0, 0.05) is 6.04 Å². The van der Waals surface area contributed by atoms with E-state index < -0.39 is 21.9 Å². The number of hydrogen-bond donors (Lipinski definition) is 1. The van der Waals surface area contributed by atoms with E-state index in [1.165, 1.54) is 4.90 Å². The summed E-state index contributed by atoms with van der Waals surface area (Å²) in [5.41, 5.74) is 0. The third-order valence-electron chi connectivity index (χ3n) is 3.88. The predicted molar refractivity (Wildman–Crippen MR) is 70.1 cm³/mol. The lowest BCUT2D eigenvalue weighted by Crippen LogP contribution is -2.66. The molecule has 2 rings (SSSR count). The van der Waals surface area contributed by atoms with Gasteiger partial charge in [-0.3, -0.25) is 9.59 Å². The number of carbonyl (C=O) groups is 2. The molecule has 0 aromatic rings. The topological polar surface area (TPSA) is 83.6 Å². The lowest BCUT2D eigenvalue weighted by atomic mass is 9.96. The van der Waals surface area contributed by atoms with Gasteiger partial charge in [0.2, 0.25) is 11.8 Å². The van der Waals surface area contributed by atoms with E-state index in [1.807, 2.05) is 13.8 Å². The van der Waals surface area contributed by atoms with Crippen molar-refractivity contribution in [2.75, 3.05) is 11.5 Å². The zero-order valence-electron chi connectivity index (χ0n) is 11.4. The SMILES string of the molecule is CC(C)C1NC(=O)C(C)N(C2CCS(=O)(=O)C2)C1=O. The number of hydrogen-bond acceptors (Lipinski definition) is 4. The smallest absolute Gasteiger partial charge is 0.246 e. The van der Waals surface area contributed by atoms with E-state index >= 15 is 0 Å². The maximum absolute atomic E-state index is 12.4. The van der Waals surface area contributed by atoms with Crippen molar-refractivity contribution in [3.63, 3.8) is 0 Å². The summed E-state index contributed by atoms with van der Waals surface area (Å²) in [7, 11) is -3.07. The molecule has 2 aliphatic rings. The monoisotopic (exact) mass is 288 g/mol. The van der Waals surface area contributed by atoms with Gasteiger partial charge in [0.05, 0.1) is 11.5 Å². The highest BCUT2D eigenvalue weighted by Crippen LogP contribution is 2.24. The Morgan fingerprint density at radius 2 is 1.95 bits per heavy atom. The molecule has 0 saturated carbocycles. The number of rotatable bonds is 2. The van der Waals surface area contributed by atoms with Crippen LogP contribution in [-0.4, -0.2) is 54.8 Å². The largest absolute Gasteiger partial charge is 0.342 e. The van der Waals surface area contributed by atoms with Crippen LogP contribution in [-0.2, 0) is 19.4 Å². The Kier molecular flexibility index (Phi) is 3.59. The van der Waals surface area contributed by atoms with Gasteiger partial charge in [-0.2, -0.15) is 0 Å². The van der Waals surface area contributed by atoms with Crippen LogP contribution in [0.5, 0.6) is 0 Å². The standard InChI is InChI=1S/C12H20N2O4S/c1-7(2)10-12(16)14(8(3)11(15)13-10)9-4-5-19(17,18)6-9/h7-10H,4-6H2,1-3H3,(H,13,15). The Labute approximate surface area is 113 Å². The molecule has 2 amide bonds. The molecule has 7 heteroatoms. The Hall–Kier alpha value is -1.11. The molecule has 2 aliphatic heterocycles. The van der Waals surface area contributed by atoms with Crippen molar-refractivity contribution in [3.05, 3.63) is 0 Å². The van der Waals surface area contributed by atoms with E-state index in [4.69, 9.17) is 0 Å². The fourth-order valence-corrected chi connectivity index (χ4v) is 4.47. The summed E-state index contributed by atoms with van der Waals surface area (Å²) in [6, 6.07) is -1.51. The quantitative estimate of drug-likeness (QED) is 0.745. The van der Waals surface area contributed by atoms with Gasteiger partial charge in [0.25, 0.3) is 0 Å². The zero-order valence-corrected chi connectivity index (χ0v) is 12.2. The number of sulfone groups is 1. The van der Waals surface area contributed by atoms with Crippen LogP contribution in [0.1, 0.15) is 27.2 Å². The molecule has 2 heterocycles. The van der Waals surface area contributed by atoms with Crippen molar-refractivity contribution in [3.8, 4) is 0 Å². The van der Waals surface area contributed by atoms with Crippen molar-refractivity contribution in [2.24, 2.45) is 5.92 Å². The minimum Gasteiger partial charge on any atom is -0.342 e. The molecular weight excluding hydrogens is 268 g/mol. The van der Waals surface area contributed by atoms with Gasteiger partial charge >= 0.3 is 0 Å². The Balaban J connectivity index is 2.26. The lowest BCUT2D eigenvalue weighted by molar-refractivity contribution is -0.152. The number of nitrogens with zero attached hydrogens (tertiary/aromatic N) is 1. The highest BCUT2D eigenvalue weighted by atomic mass is 32.2. The average molecular weight is 288 g/mol. The molecule has 0 spiro atoms. The maximum atomic E-state index is 12.4. The normalized spacial score (nSPS) is 34.7. The summed E-state index contributed by atoms with van der Waals surface area (Å²) >= 11 is 0. The molecule has 2 fully saturated rings. The minimum atomic E-state index is -3.07. The van der Waals surface area contributed by atoms with Crippen LogP contribution in [0.4, 0.5) is 0 Å². The fraction of sp³-hybridized carbons (Fsp3) is 0.833. The van der Waals surface area contributed by atoms with E-state index in [1.54, 1.807) is 6.92 Å². The summed E-state index contributed by atoms with van der Waals surface area (Å²) in [6.07, 6.45) is 0.427. The number of carbonyl (C=O) groups excluding carboxylic acids is 2. The second kappa shape index (κ2) is 4.77. The van der Waals surface area contributed by atoms with Gasteiger partial charge in [0.15, 0.2) is 9.84 Å². The number of amides is 2. The molecule has 3 atom stereocenters. The first-order chi connectivity index (χ1) is 8.73. The van der Waals surface area contributed by atoms with Crippen LogP contribution in [0.2, 0.25) is 0 Å². The molecule has 19 heavy (non-hydrogen) atoms. The van der Waals surface area contributed by atoms with Crippen LogP contribution < -0.4 is 5.32 Å². The third kappa shape index (κ3) is 2.61. The van der Waals surface area contributed by atoms with Crippen LogP contribution in [0.15, 0.2) is 0 Å². The first-order valence-corrected chi connectivity index (χ1v) is 8.38. The molecule has 0 aromatic heterocycles. The van der Waals surface area contributed by atoms with Gasteiger partial charge in [0.1, 0.15) is 12.1 Å². The van der Waals surface area contributed by atoms with Crippen molar-refractivity contribution < 1.29 is 18.0 Å². The fourth-order valence-electron chi connectivity index (χ4n) is 2.76. The van der Waals surface area contributed by atoms with Crippen LogP contribution in [0.3, 0.4) is 0 Å². The molecule has 0 radical (unpaired) electrons. The van der Waals surface area contributed by atoms with E-state index in [-0.39, 0.29) is 35.3 Å². The third-order valence-corrected chi connectivity index (χ3v) is 5.63. The summed E-state index contributed by atoms with van der Waals surface area (Å²) in [4.78, 5) is 25.8. The second-order valence-electron chi connectivity index (χ2n) is 5.71. The highest BCUT2D eigenvalue weighted by molar-refractivity contribution is 7.91. The van der Waals surface area contributed by atoms with Gasteiger partial charge < -0.3 is 10.2 Å². The zero-order chi connectivity index (χ0) is 14.4. The molecule has 108 valence electrons. The molecule has 0 aromatic carbocycles. The first kappa shape index (κ1) is 14.3. The molecule has 0 bridgehead atoms. The molecule has 1 N–H and O–H groups in total. The highest BCUT2D eigenvalue weighted by Gasteiger charge is 2.45. The Morgan fingerprint density at radius 3 is 2.42 bits per heavy atom. The maximum Gasteiger partial charge on any atom is 0.246 e. The van der Waals surface area contributed by atoms with Crippen LogP contribution in [0, 0.1) is 5.92 Å². The van der Waals surface area contributed by atoms with Crippen LogP contribution >= 0.6 is 0 Å². The lowest BCUT2D eigenvalue weighted by Gasteiger charge is -2.41. The first-order valence-electron chi connectivity index (χ1n) is 6.56. The average Bonchev–Trinajstić information content (AvgIpc) is 2.64. The molecule has 3 unspecified atom stereocenters. The van der Waals surface area contributed by atoms with Crippen molar-refractivity contribution in [2.45, 2.75) is 45.3 Å².